The largest absolute Gasteiger partial charge is 0.491 e. The Morgan fingerprint density at radius 2 is 1.68 bits per heavy atom. The summed E-state index contributed by atoms with van der Waals surface area (Å²) in [5.41, 5.74) is 2.21. The molecule has 0 bridgehead atoms. The summed E-state index contributed by atoms with van der Waals surface area (Å²) in [6.45, 7) is 3.39. The Labute approximate surface area is 266 Å². The molecule has 2 amide bonds. The molecule has 0 aliphatic carbocycles. The maximum atomic E-state index is 15.5. The van der Waals surface area contributed by atoms with Gasteiger partial charge in [-0.1, -0.05) is 18.6 Å². The Bertz CT molecular complexity index is 1990. The van der Waals surface area contributed by atoms with Gasteiger partial charge in [-0.3, -0.25) is 9.59 Å². The van der Waals surface area contributed by atoms with Gasteiger partial charge in [0.15, 0.2) is 9.84 Å². The van der Waals surface area contributed by atoms with E-state index in [1.165, 1.54) is 75.5 Å². The molecule has 11 nitrogen and oxygen atoms in total. The first-order valence-electron chi connectivity index (χ1n) is 13.9. The first-order valence-corrected chi connectivity index (χ1v) is 15.5. The second-order valence-electron chi connectivity index (χ2n) is 10.4. The quantitative estimate of drug-likeness (QED) is 0.106. The molecule has 16 heteroatoms. The van der Waals surface area contributed by atoms with E-state index in [0.717, 1.165) is 12.1 Å². The van der Waals surface area contributed by atoms with Crippen molar-refractivity contribution < 1.29 is 45.1 Å². The highest BCUT2D eigenvalue weighted by Gasteiger charge is 2.53. The van der Waals surface area contributed by atoms with Gasteiger partial charge in [-0.05, 0) is 72.5 Å². The van der Waals surface area contributed by atoms with Crippen LogP contribution in [-0.2, 0) is 41.2 Å². The van der Waals surface area contributed by atoms with Crippen LogP contribution in [0.4, 0.5) is 34.8 Å². The lowest BCUT2D eigenvalue weighted by Gasteiger charge is -2.34. The number of ether oxygens (including phenoxy) is 1. The Kier molecular flexibility index (Phi) is 9.75. The number of pyridine rings is 1. The zero-order valence-corrected chi connectivity index (χ0v) is 26.0. The van der Waals surface area contributed by atoms with Gasteiger partial charge in [0.1, 0.15) is 11.6 Å². The minimum Gasteiger partial charge on any atom is -0.418 e. The first-order chi connectivity index (χ1) is 22.0. The minimum absolute atomic E-state index is 0.0686. The molecular weight excluding hydrogens is 646 g/mol. The van der Waals surface area contributed by atoms with Crippen molar-refractivity contribution in [2.24, 2.45) is 0 Å². The predicted octanol–water partition coefficient (Wildman–Crippen LogP) is 4.70. The molecule has 0 saturated heterocycles. The van der Waals surface area contributed by atoms with Crippen molar-refractivity contribution >= 4 is 55.6 Å². The fraction of sp³-hybridized carbons (Fsp3) is 0.226. The van der Waals surface area contributed by atoms with Gasteiger partial charge in [-0.2, -0.15) is 13.2 Å². The number of esters is 1. The zero-order chi connectivity index (χ0) is 34.7. The number of nitrogens with two attached hydrogens (primary N) is 1. The third kappa shape index (κ3) is 7.60. The zero-order valence-electron chi connectivity index (χ0n) is 25.2. The second kappa shape index (κ2) is 13.2. The van der Waals surface area contributed by atoms with Crippen molar-refractivity contribution in [1.29, 1.82) is 0 Å². The van der Waals surface area contributed by atoms with Crippen LogP contribution < -0.4 is 21.7 Å². The molecule has 4 aromatic rings. The average Bonchev–Trinajstić information content (AvgIpc) is 3.00. The number of carbonyl (C=O) groups is 3. The van der Waals surface area contributed by atoms with E-state index in [4.69, 9.17) is 10.5 Å². The summed E-state index contributed by atoms with van der Waals surface area (Å²) in [6.07, 6.45) is -4.26. The highest BCUT2D eigenvalue weighted by atomic mass is 32.2. The summed E-state index contributed by atoms with van der Waals surface area (Å²) in [6, 6.07) is 12.6. The number of nitrogen functional groups attached to an aromatic ring is 1. The molecule has 0 spiro atoms. The van der Waals surface area contributed by atoms with Crippen LogP contribution in [0.25, 0.3) is 10.8 Å². The Morgan fingerprint density at radius 1 is 0.979 bits per heavy atom. The van der Waals surface area contributed by atoms with E-state index >= 15 is 4.39 Å². The molecule has 248 valence electrons. The normalized spacial score (nSPS) is 13.0. The molecule has 47 heavy (non-hydrogen) atoms. The van der Waals surface area contributed by atoms with E-state index in [-0.39, 0.29) is 33.4 Å². The predicted molar refractivity (Wildman–Crippen MR) is 165 cm³/mol. The van der Waals surface area contributed by atoms with Crippen molar-refractivity contribution in [1.82, 2.24) is 10.3 Å². The molecule has 0 saturated carbocycles. The maximum absolute atomic E-state index is 15.5. The number of hydrogen-bond acceptors (Lipinski definition) is 9. The summed E-state index contributed by atoms with van der Waals surface area (Å²) < 4.78 is 87.2. The first kappa shape index (κ1) is 34.6. The Morgan fingerprint density at radius 3 is 2.34 bits per heavy atom. The third-order valence-corrected chi connectivity index (χ3v) is 8.78. The highest BCUT2D eigenvalue weighted by molar-refractivity contribution is 7.91. The van der Waals surface area contributed by atoms with Crippen LogP contribution in [0.3, 0.4) is 0 Å². The highest BCUT2D eigenvalue weighted by Crippen LogP contribution is 2.35. The Balaban J connectivity index is 1.90. The van der Waals surface area contributed by atoms with Crippen LogP contribution in [0.2, 0.25) is 0 Å². The fourth-order valence-corrected chi connectivity index (χ4v) is 5.84. The van der Waals surface area contributed by atoms with E-state index in [2.05, 4.69) is 20.9 Å². The number of aryl methyl sites for hydroxylation is 1. The minimum atomic E-state index is -5.62. The molecule has 4 rings (SSSR count). The van der Waals surface area contributed by atoms with E-state index in [0.29, 0.717) is 16.3 Å². The van der Waals surface area contributed by atoms with Gasteiger partial charge in [0.2, 0.25) is 5.91 Å². The molecule has 0 aliphatic heterocycles. The van der Waals surface area contributed by atoms with Crippen LogP contribution in [0.15, 0.2) is 71.8 Å². The van der Waals surface area contributed by atoms with Gasteiger partial charge in [-0.15, -0.1) is 0 Å². The van der Waals surface area contributed by atoms with E-state index in [1.54, 1.807) is 0 Å². The molecule has 0 fully saturated rings. The van der Waals surface area contributed by atoms with Crippen molar-refractivity contribution in [3.8, 4) is 0 Å². The van der Waals surface area contributed by atoms with Crippen LogP contribution in [0.5, 0.6) is 0 Å². The second-order valence-corrected chi connectivity index (χ2v) is 12.6. The van der Waals surface area contributed by atoms with Crippen LogP contribution in [-0.4, -0.2) is 43.1 Å². The molecule has 1 aromatic heterocycles. The van der Waals surface area contributed by atoms with Crippen molar-refractivity contribution in [3.05, 3.63) is 89.4 Å². The summed E-state index contributed by atoms with van der Waals surface area (Å²) in [5, 5.41) is 8.15. The van der Waals surface area contributed by atoms with Crippen LogP contribution in [0, 0.1) is 12.7 Å². The number of amides is 2. The van der Waals surface area contributed by atoms with Gasteiger partial charge in [0.05, 0.1) is 16.2 Å². The third-order valence-electron chi connectivity index (χ3n) is 6.95. The average molecular weight is 676 g/mol. The summed E-state index contributed by atoms with van der Waals surface area (Å²) in [7, 11) is -3.92. The van der Waals surface area contributed by atoms with Crippen LogP contribution in [0.1, 0.15) is 30.5 Å². The van der Waals surface area contributed by atoms with E-state index in [9.17, 15) is 36.0 Å². The molecular formula is C31H29F4N5O6S. The number of halogens is 4. The van der Waals surface area contributed by atoms with Gasteiger partial charge in [-0.25, -0.2) is 22.6 Å². The molecule has 0 radical (unpaired) electrons. The van der Waals surface area contributed by atoms with Gasteiger partial charge in [0.25, 0.3) is 11.6 Å². The smallest absolute Gasteiger partial charge is 0.418 e. The van der Waals surface area contributed by atoms with Crippen LogP contribution >= 0.6 is 0 Å². The number of anilines is 3. The number of fused-ring (bicyclic) bond motifs is 1. The number of benzene rings is 3. The monoisotopic (exact) mass is 675 g/mol. The number of nitrogens with zero attached hydrogens (tertiary/aromatic N) is 1. The molecule has 0 aliphatic rings. The standard InChI is InChI=1S/C31H29F4N5O6S/c1-4-47(44,45)26-10-7-21(39-18(3)41)15-20(26)16-38-28(42)30(46-29(43)31(33,34)35,24-13-17(2)5-9-25(24)32)40-22-6-8-23-19(14-22)11-12-37-27(23)36/h5-15,40H,4,16H2,1-3H3,(H2,36,37)(H,38,42)(H,39,41). The fourth-order valence-electron chi connectivity index (χ4n) is 4.72. The van der Waals surface area contributed by atoms with Gasteiger partial charge in [0, 0.05) is 36.4 Å². The van der Waals surface area contributed by atoms with Crippen molar-refractivity contribution in [2.75, 3.05) is 22.1 Å². The number of rotatable bonds is 10. The molecule has 5 N–H and O–H groups in total. The Hall–Kier alpha value is -5.25. The summed E-state index contributed by atoms with van der Waals surface area (Å²) in [4.78, 5) is 41.9. The lowest BCUT2D eigenvalue weighted by atomic mass is 9.97. The molecule has 1 unspecified atom stereocenters. The number of aromatic nitrogens is 1. The lowest BCUT2D eigenvalue weighted by molar-refractivity contribution is -0.213. The molecule has 1 heterocycles. The number of nitrogens with one attached hydrogen (secondary N) is 3. The number of carbonyl (C=O) groups excluding carboxylic acids is 3. The number of alkyl halides is 3. The maximum Gasteiger partial charge on any atom is 0.491 e. The topological polar surface area (TPSA) is 170 Å². The molecule has 1 atom stereocenters. The van der Waals surface area contributed by atoms with Crippen molar-refractivity contribution in [3.63, 3.8) is 0 Å². The number of hydrogen-bond donors (Lipinski definition) is 4. The van der Waals surface area contributed by atoms with Crippen molar-refractivity contribution in [2.45, 2.75) is 44.1 Å². The van der Waals surface area contributed by atoms with E-state index < -0.39 is 57.4 Å². The number of sulfone groups is 1. The summed E-state index contributed by atoms with van der Waals surface area (Å²) >= 11 is 0. The van der Waals surface area contributed by atoms with E-state index in [1.807, 2.05) is 0 Å². The van der Waals surface area contributed by atoms with Gasteiger partial charge >= 0.3 is 12.1 Å². The van der Waals surface area contributed by atoms with Gasteiger partial charge < -0.3 is 26.4 Å². The SMILES string of the molecule is CCS(=O)(=O)c1ccc(NC(C)=O)cc1CNC(=O)C(Nc1ccc2c(N)nccc2c1)(OC(=O)C(F)(F)F)c1cc(C)ccc1F. The lowest BCUT2D eigenvalue weighted by Crippen LogP contribution is -2.55. The summed E-state index contributed by atoms with van der Waals surface area (Å²) in [5.74, 6) is -6.22. The molecule has 3 aromatic carbocycles.